The zero-order chi connectivity index (χ0) is 18.1. The molecule has 2 aliphatic rings. The van der Waals surface area contributed by atoms with Crippen molar-refractivity contribution in [3.05, 3.63) is 53.6 Å². The lowest BCUT2D eigenvalue weighted by Crippen LogP contribution is -2.32. The van der Waals surface area contributed by atoms with Gasteiger partial charge in [0.1, 0.15) is 0 Å². The van der Waals surface area contributed by atoms with Gasteiger partial charge in [0, 0.05) is 25.2 Å². The highest BCUT2D eigenvalue weighted by Crippen LogP contribution is 2.32. The van der Waals surface area contributed by atoms with Crippen LogP contribution in [0, 0.1) is 12.8 Å². The zero-order valence-corrected chi connectivity index (χ0v) is 14.5. The number of hydrogen-bond donors (Lipinski definition) is 1. The topological polar surface area (TPSA) is 67.9 Å². The van der Waals surface area contributed by atoms with Gasteiger partial charge in [-0.15, -0.1) is 0 Å². The molecule has 0 bridgehead atoms. The summed E-state index contributed by atoms with van der Waals surface area (Å²) in [6, 6.07) is 13.3. The summed E-state index contributed by atoms with van der Waals surface area (Å²) in [5, 5.41) is 2.93. The van der Waals surface area contributed by atoms with E-state index in [-0.39, 0.29) is 30.9 Å². The van der Waals surface area contributed by atoms with E-state index in [1.54, 1.807) is 4.90 Å². The lowest BCUT2D eigenvalue weighted by molar-refractivity contribution is -0.126. The average Bonchev–Trinajstić information content (AvgIpc) is 3.26. The van der Waals surface area contributed by atoms with Crippen LogP contribution >= 0.6 is 0 Å². The van der Waals surface area contributed by atoms with Gasteiger partial charge in [0.15, 0.2) is 11.5 Å². The smallest absolute Gasteiger partial charge is 0.231 e. The Kier molecular flexibility index (Phi) is 4.24. The molecule has 26 heavy (non-hydrogen) atoms. The van der Waals surface area contributed by atoms with E-state index in [2.05, 4.69) is 5.32 Å². The van der Waals surface area contributed by atoms with Crippen LogP contribution in [0.5, 0.6) is 11.5 Å². The second-order valence-corrected chi connectivity index (χ2v) is 6.60. The first kappa shape index (κ1) is 16.4. The van der Waals surface area contributed by atoms with E-state index in [0.717, 1.165) is 22.6 Å². The van der Waals surface area contributed by atoms with Crippen LogP contribution in [-0.4, -0.2) is 25.2 Å². The molecule has 2 amide bonds. The molecular weight excluding hydrogens is 332 g/mol. The van der Waals surface area contributed by atoms with Gasteiger partial charge < -0.3 is 19.7 Å². The minimum atomic E-state index is -0.337. The Morgan fingerprint density at radius 2 is 2.00 bits per heavy atom. The molecule has 2 aliphatic heterocycles. The second kappa shape index (κ2) is 6.71. The maximum absolute atomic E-state index is 12.5. The van der Waals surface area contributed by atoms with E-state index in [1.807, 2.05) is 49.4 Å². The van der Waals surface area contributed by atoms with E-state index in [9.17, 15) is 9.59 Å². The van der Waals surface area contributed by atoms with Crippen molar-refractivity contribution in [2.75, 3.05) is 18.2 Å². The summed E-state index contributed by atoms with van der Waals surface area (Å²) in [5.74, 6) is 0.958. The van der Waals surface area contributed by atoms with Gasteiger partial charge in [-0.05, 0) is 36.2 Å². The molecule has 134 valence electrons. The number of carbonyl (C=O) groups excluding carboxylic acids is 2. The molecule has 6 nitrogen and oxygen atoms in total. The Balaban J connectivity index is 1.38. The normalized spacial score (nSPS) is 18.3. The third-order valence-corrected chi connectivity index (χ3v) is 4.81. The van der Waals surface area contributed by atoms with Crippen LogP contribution in [0.3, 0.4) is 0 Å². The predicted molar refractivity (Wildman–Crippen MR) is 96.1 cm³/mol. The van der Waals surface area contributed by atoms with Crippen LogP contribution in [0.2, 0.25) is 0 Å². The third-order valence-electron chi connectivity index (χ3n) is 4.81. The second-order valence-electron chi connectivity index (χ2n) is 6.60. The van der Waals surface area contributed by atoms with Gasteiger partial charge in [-0.2, -0.15) is 0 Å². The Bertz CT molecular complexity index is 865. The van der Waals surface area contributed by atoms with Gasteiger partial charge in [0.25, 0.3) is 0 Å². The number of rotatable bonds is 4. The molecule has 0 spiro atoms. The number of benzene rings is 2. The molecule has 1 saturated heterocycles. The van der Waals surface area contributed by atoms with E-state index >= 15 is 0 Å². The highest BCUT2D eigenvalue weighted by molar-refractivity contribution is 6.00. The summed E-state index contributed by atoms with van der Waals surface area (Å²) in [6.45, 7) is 3.00. The standard InChI is InChI=1S/C20H20N2O4/c1-13-4-2-3-5-16(13)22-11-15(9-19(22)23)20(24)21-10-14-6-7-17-18(8-14)26-12-25-17/h2-8,15H,9-12H2,1H3,(H,21,24)/t15-/m0/s1. The van der Waals surface area contributed by atoms with Crippen molar-refractivity contribution in [1.82, 2.24) is 5.32 Å². The van der Waals surface area contributed by atoms with Crippen molar-refractivity contribution in [3.63, 3.8) is 0 Å². The van der Waals surface area contributed by atoms with Crippen LogP contribution in [0.25, 0.3) is 0 Å². The summed E-state index contributed by atoms with van der Waals surface area (Å²) in [4.78, 5) is 26.6. The van der Waals surface area contributed by atoms with Gasteiger partial charge in [0.2, 0.25) is 18.6 Å². The minimum Gasteiger partial charge on any atom is -0.454 e. The van der Waals surface area contributed by atoms with Crippen molar-refractivity contribution in [3.8, 4) is 11.5 Å². The van der Waals surface area contributed by atoms with Crippen LogP contribution in [0.15, 0.2) is 42.5 Å². The van der Waals surface area contributed by atoms with Gasteiger partial charge in [-0.1, -0.05) is 24.3 Å². The molecule has 6 heteroatoms. The maximum Gasteiger partial charge on any atom is 0.231 e. The van der Waals surface area contributed by atoms with Crippen molar-refractivity contribution in [2.24, 2.45) is 5.92 Å². The minimum absolute atomic E-state index is 0.0115. The highest BCUT2D eigenvalue weighted by atomic mass is 16.7. The molecule has 0 aromatic heterocycles. The van der Waals surface area contributed by atoms with Gasteiger partial charge >= 0.3 is 0 Å². The maximum atomic E-state index is 12.5. The molecule has 0 saturated carbocycles. The average molecular weight is 352 g/mol. The number of ether oxygens (including phenoxy) is 2. The number of hydrogen-bond acceptors (Lipinski definition) is 4. The van der Waals surface area contributed by atoms with E-state index < -0.39 is 0 Å². The molecule has 0 unspecified atom stereocenters. The summed E-state index contributed by atoms with van der Waals surface area (Å²) in [5.41, 5.74) is 2.84. The van der Waals surface area contributed by atoms with Crippen LogP contribution < -0.4 is 19.7 Å². The summed E-state index contributed by atoms with van der Waals surface area (Å²) in [6.07, 6.45) is 0.237. The molecule has 4 rings (SSSR count). The molecule has 1 N–H and O–H groups in total. The highest BCUT2D eigenvalue weighted by Gasteiger charge is 2.35. The SMILES string of the molecule is Cc1ccccc1N1C[C@@H](C(=O)NCc2ccc3c(c2)OCO3)CC1=O. The van der Waals surface area contributed by atoms with Crippen molar-refractivity contribution < 1.29 is 19.1 Å². The number of nitrogens with zero attached hydrogens (tertiary/aromatic N) is 1. The zero-order valence-electron chi connectivity index (χ0n) is 14.5. The molecule has 0 aliphatic carbocycles. The Morgan fingerprint density at radius 3 is 2.85 bits per heavy atom. The number of amides is 2. The Morgan fingerprint density at radius 1 is 1.19 bits per heavy atom. The number of aryl methyl sites for hydroxylation is 1. The molecular formula is C20H20N2O4. The lowest BCUT2D eigenvalue weighted by atomic mass is 10.1. The first-order valence-corrected chi connectivity index (χ1v) is 8.64. The summed E-state index contributed by atoms with van der Waals surface area (Å²) >= 11 is 0. The number of nitrogens with one attached hydrogen (secondary N) is 1. The van der Waals surface area contributed by atoms with Crippen molar-refractivity contribution in [2.45, 2.75) is 19.9 Å². The van der Waals surface area contributed by atoms with Gasteiger partial charge in [0.05, 0.1) is 5.92 Å². The fourth-order valence-corrected chi connectivity index (χ4v) is 3.37. The first-order chi connectivity index (χ1) is 12.6. The van der Waals surface area contributed by atoms with E-state index in [0.29, 0.717) is 18.8 Å². The largest absolute Gasteiger partial charge is 0.454 e. The number of para-hydroxylation sites is 1. The fourth-order valence-electron chi connectivity index (χ4n) is 3.37. The van der Waals surface area contributed by atoms with Crippen molar-refractivity contribution in [1.29, 1.82) is 0 Å². The Labute approximate surface area is 151 Å². The van der Waals surface area contributed by atoms with Crippen LogP contribution in [0.4, 0.5) is 5.69 Å². The van der Waals surface area contributed by atoms with E-state index in [1.165, 1.54) is 0 Å². The Hall–Kier alpha value is -3.02. The summed E-state index contributed by atoms with van der Waals surface area (Å²) < 4.78 is 10.6. The summed E-state index contributed by atoms with van der Waals surface area (Å²) in [7, 11) is 0. The monoisotopic (exact) mass is 352 g/mol. The molecule has 2 aromatic carbocycles. The van der Waals surface area contributed by atoms with Crippen LogP contribution in [-0.2, 0) is 16.1 Å². The van der Waals surface area contributed by atoms with Gasteiger partial charge in [-0.25, -0.2) is 0 Å². The van der Waals surface area contributed by atoms with E-state index in [4.69, 9.17) is 9.47 Å². The molecule has 1 atom stereocenters. The fraction of sp³-hybridized carbons (Fsp3) is 0.300. The van der Waals surface area contributed by atoms with Gasteiger partial charge in [-0.3, -0.25) is 9.59 Å². The number of carbonyl (C=O) groups is 2. The quantitative estimate of drug-likeness (QED) is 0.917. The number of anilines is 1. The third kappa shape index (κ3) is 3.10. The van der Waals surface area contributed by atoms with Crippen molar-refractivity contribution >= 4 is 17.5 Å². The molecule has 2 aromatic rings. The molecule has 2 heterocycles. The molecule has 1 fully saturated rings. The number of fused-ring (bicyclic) bond motifs is 1. The lowest BCUT2D eigenvalue weighted by Gasteiger charge is -2.19. The first-order valence-electron chi connectivity index (χ1n) is 8.64. The van der Waals surface area contributed by atoms with Crippen LogP contribution in [0.1, 0.15) is 17.5 Å². The predicted octanol–water partition coefficient (Wildman–Crippen LogP) is 2.39. The molecule has 0 radical (unpaired) electrons.